The Balaban J connectivity index is 0.972. The molecule has 0 atom stereocenters. The molecule has 2 aromatic heterocycles. The fourth-order valence-corrected chi connectivity index (χ4v) is 14.5. The van der Waals surface area contributed by atoms with E-state index >= 15 is 0 Å². The summed E-state index contributed by atoms with van der Waals surface area (Å²) in [6, 6.07) is 92.9. The number of rotatable bonds is 7. The SMILES string of the molecule is CC1(C)c2ccccc2-c2ccc(-c3ccc4c(c3)c3cc(-c5cc(-c6cccc(-c7ccccc7)c6)cc(-c6cccc7c6[se]c6c(-c8ccccc8)cccc67)c5)ccc3n4-c3ccccc3)cc21. The summed E-state index contributed by atoms with van der Waals surface area (Å²) in [4.78, 5) is 0. The van der Waals surface area contributed by atoms with Crippen molar-refractivity contribution in [2.45, 2.75) is 19.3 Å². The third-order valence-electron chi connectivity index (χ3n) is 15.2. The smallest absolute Gasteiger partial charge is 0.0621 e. The van der Waals surface area contributed by atoms with Crippen molar-refractivity contribution < 1.29 is 0 Å². The van der Waals surface area contributed by atoms with Crippen LogP contribution in [-0.2, 0) is 5.41 Å². The second-order valence-electron chi connectivity index (χ2n) is 19.6. The summed E-state index contributed by atoms with van der Waals surface area (Å²) in [7, 11) is 0. The van der Waals surface area contributed by atoms with E-state index in [0.29, 0.717) is 0 Å². The quantitative estimate of drug-likeness (QED) is 0.140. The molecule has 71 heavy (non-hydrogen) atoms. The van der Waals surface area contributed by atoms with Crippen molar-refractivity contribution in [2.75, 3.05) is 0 Å². The van der Waals surface area contributed by atoms with Crippen molar-refractivity contribution in [2.24, 2.45) is 0 Å². The molecule has 0 fully saturated rings. The summed E-state index contributed by atoms with van der Waals surface area (Å²) in [6.07, 6.45) is 0. The van der Waals surface area contributed by atoms with Crippen molar-refractivity contribution in [3.05, 3.63) is 260 Å². The molecule has 14 rings (SSSR count). The van der Waals surface area contributed by atoms with Gasteiger partial charge in [0.05, 0.1) is 0 Å². The molecule has 11 aromatic carbocycles. The summed E-state index contributed by atoms with van der Waals surface area (Å²) in [5, 5.41) is 5.20. The van der Waals surface area contributed by atoms with Gasteiger partial charge in [0.25, 0.3) is 0 Å². The zero-order valence-corrected chi connectivity index (χ0v) is 41.2. The molecule has 0 N–H and O–H groups in total. The number of para-hydroxylation sites is 1. The minimum atomic E-state index is -0.0730. The van der Waals surface area contributed by atoms with Gasteiger partial charge in [0.15, 0.2) is 0 Å². The zero-order chi connectivity index (χ0) is 47.2. The minimum absolute atomic E-state index is 0.0730. The van der Waals surface area contributed by atoms with E-state index in [0.717, 1.165) is 5.69 Å². The van der Waals surface area contributed by atoms with Gasteiger partial charge in [-0.3, -0.25) is 0 Å². The fraction of sp³-hybridized carbons (Fsp3) is 0.0435. The van der Waals surface area contributed by atoms with Crippen molar-refractivity contribution in [3.63, 3.8) is 0 Å². The molecule has 2 heterocycles. The van der Waals surface area contributed by atoms with Crippen molar-refractivity contribution >= 4 is 55.6 Å². The van der Waals surface area contributed by atoms with E-state index in [-0.39, 0.29) is 19.9 Å². The Bertz CT molecular complexity index is 4230. The molecule has 1 nitrogen and oxygen atoms in total. The standard InChI is InChI=1S/C69H47NSe/c1-69(2)63-30-13-12-25-57(63)58-34-31-50(43-64(58)69)48-32-35-65-61(41-48)62-42-49(33-36-66(62)70(65)54-23-10-5-11-24-54)52-38-51(47-22-14-21-46(37-47)44-17-6-3-7-18-44)39-53(40-52)56-27-16-29-60-59-28-15-26-55(67(59)71-68(56)60)45-19-8-4-9-20-45/h3-43H,1-2H3. The summed E-state index contributed by atoms with van der Waals surface area (Å²) in [6.45, 7) is 4.74. The molecule has 0 saturated heterocycles. The van der Waals surface area contributed by atoms with Crippen LogP contribution in [0.2, 0.25) is 0 Å². The molecular formula is C69H47NSe. The molecule has 0 saturated carbocycles. The van der Waals surface area contributed by atoms with Crippen LogP contribution in [-0.4, -0.2) is 19.1 Å². The molecule has 1 aliphatic carbocycles. The van der Waals surface area contributed by atoms with Crippen LogP contribution >= 0.6 is 0 Å². The van der Waals surface area contributed by atoms with E-state index in [4.69, 9.17) is 0 Å². The van der Waals surface area contributed by atoms with Crippen LogP contribution in [0.25, 0.3) is 125 Å². The van der Waals surface area contributed by atoms with Crippen LogP contribution in [0.4, 0.5) is 0 Å². The molecule has 2 heteroatoms. The van der Waals surface area contributed by atoms with Crippen LogP contribution in [0.15, 0.2) is 249 Å². The monoisotopic (exact) mass is 969 g/mol. The van der Waals surface area contributed by atoms with Crippen LogP contribution in [0.1, 0.15) is 25.0 Å². The van der Waals surface area contributed by atoms with Gasteiger partial charge >= 0.3 is 321 Å². The Kier molecular flexibility index (Phi) is 9.65. The number of aromatic nitrogens is 1. The minimum Gasteiger partial charge on any atom is -0.0621 e. The molecule has 0 unspecified atom stereocenters. The van der Waals surface area contributed by atoms with Gasteiger partial charge in [0.1, 0.15) is 0 Å². The van der Waals surface area contributed by atoms with Gasteiger partial charge < -0.3 is 0 Å². The fourth-order valence-electron chi connectivity index (χ4n) is 11.6. The van der Waals surface area contributed by atoms with Gasteiger partial charge in [0, 0.05) is 5.41 Å². The third-order valence-corrected chi connectivity index (χ3v) is 17.9. The number of benzene rings is 11. The number of hydrogen-bond donors (Lipinski definition) is 0. The molecule has 0 spiro atoms. The Morgan fingerprint density at radius 2 is 0.718 bits per heavy atom. The van der Waals surface area contributed by atoms with Crippen LogP contribution in [0.5, 0.6) is 0 Å². The van der Waals surface area contributed by atoms with Gasteiger partial charge in [-0.2, -0.15) is 0 Å². The summed E-state index contributed by atoms with van der Waals surface area (Å²) in [5.74, 6) is 0. The first-order valence-corrected chi connectivity index (χ1v) is 26.4. The van der Waals surface area contributed by atoms with Gasteiger partial charge in [-0.05, 0) is 28.3 Å². The molecule has 0 aliphatic heterocycles. The Morgan fingerprint density at radius 3 is 1.38 bits per heavy atom. The van der Waals surface area contributed by atoms with Crippen LogP contribution in [0.3, 0.4) is 0 Å². The average Bonchev–Trinajstić information content (AvgIpc) is 4.06. The molecule has 1 aliphatic rings. The summed E-state index contributed by atoms with van der Waals surface area (Å²) in [5.41, 5.74) is 23.8. The van der Waals surface area contributed by atoms with Crippen LogP contribution < -0.4 is 0 Å². The van der Waals surface area contributed by atoms with Gasteiger partial charge in [0.2, 0.25) is 0 Å². The van der Waals surface area contributed by atoms with E-state index in [1.54, 1.807) is 0 Å². The summed E-state index contributed by atoms with van der Waals surface area (Å²) >= 11 is 0.117. The van der Waals surface area contributed by atoms with Crippen LogP contribution in [0, 0.1) is 0 Å². The number of nitrogens with zero attached hydrogens (tertiary/aromatic N) is 1. The van der Waals surface area contributed by atoms with Gasteiger partial charge in [-0.15, -0.1) is 0 Å². The molecule has 334 valence electrons. The predicted molar refractivity (Wildman–Crippen MR) is 303 cm³/mol. The zero-order valence-electron chi connectivity index (χ0n) is 39.5. The average molecular weight is 969 g/mol. The van der Waals surface area contributed by atoms with E-state index in [9.17, 15) is 0 Å². The molecule has 13 aromatic rings. The van der Waals surface area contributed by atoms with E-state index in [1.807, 2.05) is 0 Å². The van der Waals surface area contributed by atoms with E-state index in [1.165, 1.54) is 130 Å². The first-order chi connectivity index (χ1) is 34.9. The number of hydrogen-bond acceptors (Lipinski definition) is 0. The molecule has 0 radical (unpaired) electrons. The Labute approximate surface area is 420 Å². The molecule has 0 amide bonds. The maximum atomic E-state index is 2.45. The van der Waals surface area contributed by atoms with Gasteiger partial charge in [-0.25, -0.2) is 0 Å². The number of fused-ring (bicyclic) bond motifs is 9. The normalized spacial score (nSPS) is 12.8. The second-order valence-corrected chi connectivity index (χ2v) is 21.8. The van der Waals surface area contributed by atoms with Crippen molar-refractivity contribution in [3.8, 4) is 83.6 Å². The maximum absolute atomic E-state index is 2.45. The van der Waals surface area contributed by atoms with Crippen molar-refractivity contribution in [1.29, 1.82) is 0 Å². The first-order valence-electron chi connectivity index (χ1n) is 24.6. The predicted octanol–water partition coefficient (Wildman–Crippen LogP) is 18.5. The Morgan fingerprint density at radius 1 is 0.282 bits per heavy atom. The van der Waals surface area contributed by atoms with E-state index < -0.39 is 0 Å². The second kappa shape index (κ2) is 16.4. The Hall–Kier alpha value is -8.26. The summed E-state index contributed by atoms with van der Waals surface area (Å²) < 4.78 is 5.36. The molecule has 0 bridgehead atoms. The van der Waals surface area contributed by atoms with E-state index in [2.05, 4.69) is 267 Å². The third kappa shape index (κ3) is 6.82. The van der Waals surface area contributed by atoms with Crippen molar-refractivity contribution in [1.82, 2.24) is 4.57 Å². The van der Waals surface area contributed by atoms with Gasteiger partial charge in [-0.1, -0.05) is 68.4 Å². The molecular weight excluding hydrogens is 922 g/mol. The topological polar surface area (TPSA) is 4.93 Å². The first kappa shape index (κ1) is 41.7.